The van der Waals surface area contributed by atoms with Crippen LogP contribution in [0.1, 0.15) is 9.67 Å². The lowest BCUT2D eigenvalue weighted by atomic mass is 10.1. The lowest BCUT2D eigenvalue weighted by Crippen LogP contribution is -1.94. The van der Waals surface area contributed by atoms with E-state index in [2.05, 4.69) is 14.3 Å². The number of hydrogen-bond acceptors (Lipinski definition) is 5. The molecule has 0 aromatic carbocycles. The Morgan fingerprint density at radius 3 is 2.64 bits per heavy atom. The fourth-order valence-corrected chi connectivity index (χ4v) is 1.65. The smallest absolute Gasteiger partial charge is 0.348 e. The molecule has 14 heavy (non-hydrogen) atoms. The van der Waals surface area contributed by atoms with Crippen molar-refractivity contribution >= 4 is 17.5 Å². The number of carboxylic acids is 1. The number of nitrogens with zero attached hydrogens (tertiary/aromatic N) is 3. The van der Waals surface area contributed by atoms with Crippen LogP contribution in [0.4, 0.5) is 0 Å². The molecule has 0 saturated heterocycles. The Balaban J connectivity index is 2.52. The van der Waals surface area contributed by atoms with Gasteiger partial charge in [0, 0.05) is 29.7 Å². The molecule has 0 saturated carbocycles. The highest BCUT2D eigenvalue weighted by Gasteiger charge is 2.14. The third-order valence-corrected chi connectivity index (χ3v) is 2.42. The molecule has 0 aliphatic heterocycles. The lowest BCUT2D eigenvalue weighted by Gasteiger charge is -1.96. The maximum atomic E-state index is 10.8. The number of rotatable bonds is 2. The second-order valence-electron chi connectivity index (χ2n) is 2.50. The molecule has 70 valence electrons. The van der Waals surface area contributed by atoms with Gasteiger partial charge in [-0.25, -0.2) is 14.8 Å². The summed E-state index contributed by atoms with van der Waals surface area (Å²) in [4.78, 5) is 18.6. The fourth-order valence-electron chi connectivity index (χ4n) is 1.04. The van der Waals surface area contributed by atoms with Gasteiger partial charge in [-0.05, 0) is 11.5 Å². The van der Waals surface area contributed by atoms with Crippen LogP contribution in [0.25, 0.3) is 11.1 Å². The van der Waals surface area contributed by atoms with Gasteiger partial charge in [-0.3, -0.25) is 0 Å². The van der Waals surface area contributed by atoms with Crippen LogP contribution in [0.15, 0.2) is 24.9 Å². The molecule has 2 aromatic rings. The van der Waals surface area contributed by atoms with Crippen molar-refractivity contribution in [3.8, 4) is 11.1 Å². The molecule has 0 aliphatic carbocycles. The second kappa shape index (κ2) is 3.51. The molecule has 0 unspecified atom stereocenters. The molecule has 1 N–H and O–H groups in total. The number of carboxylic acid groups (broad SMARTS) is 1. The average molecular weight is 207 g/mol. The summed E-state index contributed by atoms with van der Waals surface area (Å²) in [7, 11) is 0. The molecule has 0 atom stereocenters. The molecule has 0 spiro atoms. The van der Waals surface area contributed by atoms with Gasteiger partial charge in [0.1, 0.15) is 11.2 Å². The van der Waals surface area contributed by atoms with Crippen LogP contribution < -0.4 is 0 Å². The Labute approximate surface area is 83.2 Å². The Kier molecular flexibility index (Phi) is 2.19. The van der Waals surface area contributed by atoms with E-state index in [-0.39, 0.29) is 4.88 Å². The molecule has 5 nitrogen and oxygen atoms in total. The van der Waals surface area contributed by atoms with Crippen molar-refractivity contribution in [3.05, 3.63) is 29.8 Å². The van der Waals surface area contributed by atoms with E-state index in [1.807, 2.05) is 0 Å². The van der Waals surface area contributed by atoms with Gasteiger partial charge in [0.2, 0.25) is 0 Å². The Bertz CT molecular complexity index is 455. The van der Waals surface area contributed by atoms with Crippen LogP contribution in [-0.4, -0.2) is 25.4 Å². The Morgan fingerprint density at radius 2 is 2.00 bits per heavy atom. The summed E-state index contributed by atoms with van der Waals surface area (Å²) in [5, 5.41) is 8.85. The van der Waals surface area contributed by atoms with Crippen molar-refractivity contribution in [3.63, 3.8) is 0 Å². The number of carbonyl (C=O) groups is 1. The summed E-state index contributed by atoms with van der Waals surface area (Å²) in [6.45, 7) is 0. The van der Waals surface area contributed by atoms with Gasteiger partial charge in [0.05, 0.1) is 0 Å². The normalized spacial score (nSPS) is 10.0. The van der Waals surface area contributed by atoms with E-state index in [1.54, 1.807) is 12.4 Å². The first-order chi connectivity index (χ1) is 6.79. The highest BCUT2D eigenvalue weighted by molar-refractivity contribution is 7.08. The zero-order valence-corrected chi connectivity index (χ0v) is 7.73. The van der Waals surface area contributed by atoms with Gasteiger partial charge in [-0.1, -0.05) is 0 Å². The number of aromatic nitrogens is 3. The monoisotopic (exact) mass is 207 g/mol. The molecule has 6 heteroatoms. The quantitative estimate of drug-likeness (QED) is 0.803. The highest BCUT2D eigenvalue weighted by Crippen LogP contribution is 2.24. The Morgan fingerprint density at radius 1 is 1.29 bits per heavy atom. The van der Waals surface area contributed by atoms with Gasteiger partial charge >= 0.3 is 5.97 Å². The predicted molar refractivity (Wildman–Crippen MR) is 50.1 cm³/mol. The lowest BCUT2D eigenvalue weighted by molar-refractivity contribution is 0.0703. The Hall–Kier alpha value is -1.82. The molecule has 0 aliphatic rings. The molecule has 2 heterocycles. The third kappa shape index (κ3) is 1.47. The summed E-state index contributed by atoms with van der Waals surface area (Å²) >= 11 is 0.947. The van der Waals surface area contributed by atoms with Gasteiger partial charge in [-0.2, -0.15) is 4.37 Å². The van der Waals surface area contributed by atoms with Crippen LogP contribution in [-0.2, 0) is 0 Å². The van der Waals surface area contributed by atoms with Crippen LogP contribution in [0.5, 0.6) is 0 Å². The molecule has 2 rings (SSSR count). The summed E-state index contributed by atoms with van der Waals surface area (Å²) < 4.78 is 3.83. The second-order valence-corrected chi connectivity index (χ2v) is 3.30. The van der Waals surface area contributed by atoms with E-state index in [4.69, 9.17) is 5.11 Å². The third-order valence-electron chi connectivity index (χ3n) is 1.64. The molecule has 0 amide bonds. The van der Waals surface area contributed by atoms with Gasteiger partial charge in [0.15, 0.2) is 0 Å². The minimum absolute atomic E-state index is 0.208. The van der Waals surface area contributed by atoms with Crippen LogP contribution >= 0.6 is 11.5 Å². The predicted octanol–water partition coefficient (Wildman–Crippen LogP) is 1.30. The number of aromatic carboxylic acids is 1. The first-order valence-corrected chi connectivity index (χ1v) is 4.49. The zero-order valence-electron chi connectivity index (χ0n) is 6.91. The summed E-state index contributed by atoms with van der Waals surface area (Å²) in [6, 6.07) is 0. The van der Waals surface area contributed by atoms with Crippen LogP contribution in [0.3, 0.4) is 0 Å². The SMILES string of the molecule is O=C(O)c1sncc1-c1cncnc1. The molecular formula is C8H5N3O2S. The van der Waals surface area contributed by atoms with E-state index in [9.17, 15) is 4.79 Å². The van der Waals surface area contributed by atoms with E-state index >= 15 is 0 Å². The first kappa shape index (κ1) is 8.76. The van der Waals surface area contributed by atoms with E-state index < -0.39 is 5.97 Å². The van der Waals surface area contributed by atoms with E-state index in [0.29, 0.717) is 11.1 Å². The maximum Gasteiger partial charge on any atom is 0.348 e. The molecule has 2 aromatic heterocycles. The summed E-state index contributed by atoms with van der Waals surface area (Å²) in [5.41, 5.74) is 1.22. The van der Waals surface area contributed by atoms with E-state index in [1.165, 1.54) is 12.5 Å². The van der Waals surface area contributed by atoms with Crippen LogP contribution in [0, 0.1) is 0 Å². The average Bonchev–Trinajstić information content (AvgIpc) is 2.67. The summed E-state index contributed by atoms with van der Waals surface area (Å²) in [5.74, 6) is -0.980. The molecule has 0 bridgehead atoms. The van der Waals surface area contributed by atoms with E-state index in [0.717, 1.165) is 11.5 Å². The largest absolute Gasteiger partial charge is 0.477 e. The zero-order chi connectivity index (χ0) is 9.97. The molecule has 0 radical (unpaired) electrons. The van der Waals surface area contributed by atoms with Gasteiger partial charge in [0.25, 0.3) is 0 Å². The molecular weight excluding hydrogens is 202 g/mol. The van der Waals surface area contributed by atoms with Crippen molar-refractivity contribution in [2.45, 2.75) is 0 Å². The van der Waals surface area contributed by atoms with Crippen LogP contribution in [0.2, 0.25) is 0 Å². The van der Waals surface area contributed by atoms with Crippen molar-refractivity contribution in [2.75, 3.05) is 0 Å². The minimum atomic E-state index is -0.980. The topological polar surface area (TPSA) is 76.0 Å². The maximum absolute atomic E-state index is 10.8. The summed E-state index contributed by atoms with van der Waals surface area (Å²) in [6.07, 6.45) is 6.02. The standard InChI is InChI=1S/C8H5N3O2S/c12-8(13)7-6(3-11-14-7)5-1-9-4-10-2-5/h1-4H,(H,12,13). The van der Waals surface area contributed by atoms with Crippen molar-refractivity contribution < 1.29 is 9.90 Å². The van der Waals surface area contributed by atoms with Gasteiger partial charge in [-0.15, -0.1) is 0 Å². The minimum Gasteiger partial charge on any atom is -0.477 e. The van der Waals surface area contributed by atoms with Crippen molar-refractivity contribution in [1.29, 1.82) is 0 Å². The number of hydrogen-bond donors (Lipinski definition) is 1. The van der Waals surface area contributed by atoms with Crippen molar-refractivity contribution in [2.24, 2.45) is 0 Å². The molecule has 0 fully saturated rings. The first-order valence-electron chi connectivity index (χ1n) is 3.72. The fraction of sp³-hybridized carbons (Fsp3) is 0. The van der Waals surface area contributed by atoms with Gasteiger partial charge < -0.3 is 5.11 Å². The highest BCUT2D eigenvalue weighted by atomic mass is 32.1. The van der Waals surface area contributed by atoms with Crippen molar-refractivity contribution in [1.82, 2.24) is 14.3 Å².